The van der Waals surface area contributed by atoms with E-state index in [1.165, 1.54) is 17.3 Å². The van der Waals surface area contributed by atoms with Crippen LogP contribution < -0.4 is 5.73 Å². The lowest BCUT2D eigenvalue weighted by Gasteiger charge is -2.10. The lowest BCUT2D eigenvalue weighted by atomic mass is 10.1. The third-order valence-corrected chi connectivity index (χ3v) is 3.89. The van der Waals surface area contributed by atoms with Gasteiger partial charge in [0.1, 0.15) is 10.1 Å². The maximum absolute atomic E-state index is 5.97. The van der Waals surface area contributed by atoms with Crippen molar-refractivity contribution < 1.29 is 0 Å². The van der Waals surface area contributed by atoms with Crippen LogP contribution in [0.15, 0.2) is 40.9 Å². The van der Waals surface area contributed by atoms with Gasteiger partial charge in [0, 0.05) is 24.6 Å². The largest absolute Gasteiger partial charge is 0.327 e. The Labute approximate surface area is 117 Å². The number of pyridine rings is 1. The fourth-order valence-electron chi connectivity index (χ4n) is 1.72. The molecule has 100 valence electrons. The van der Waals surface area contributed by atoms with Crippen molar-refractivity contribution in [2.45, 2.75) is 42.8 Å². The van der Waals surface area contributed by atoms with Crippen molar-refractivity contribution in [1.29, 1.82) is 0 Å². The van der Waals surface area contributed by atoms with Gasteiger partial charge >= 0.3 is 0 Å². The zero-order valence-corrected chi connectivity index (χ0v) is 12.0. The molecule has 4 nitrogen and oxygen atoms in total. The van der Waals surface area contributed by atoms with Gasteiger partial charge in [-0.15, -0.1) is 0 Å². The van der Waals surface area contributed by atoms with Crippen LogP contribution in [0.4, 0.5) is 0 Å². The molecule has 2 rings (SSSR count). The number of nitrogens with two attached hydrogens (primary N) is 1. The summed E-state index contributed by atoms with van der Waals surface area (Å²) in [5.41, 5.74) is 8.31. The molecule has 2 aromatic heterocycles. The fourth-order valence-corrected chi connectivity index (χ4v) is 2.47. The van der Waals surface area contributed by atoms with Gasteiger partial charge in [-0.05, 0) is 42.7 Å². The average Bonchev–Trinajstić information content (AvgIpc) is 2.43. The van der Waals surface area contributed by atoms with Gasteiger partial charge in [-0.25, -0.2) is 9.97 Å². The second kappa shape index (κ2) is 6.63. The maximum Gasteiger partial charge on any atom is 0.121 e. The van der Waals surface area contributed by atoms with Gasteiger partial charge in [-0.1, -0.05) is 13.0 Å². The zero-order valence-electron chi connectivity index (χ0n) is 11.2. The predicted molar refractivity (Wildman–Crippen MR) is 77.1 cm³/mol. The van der Waals surface area contributed by atoms with Crippen LogP contribution in [0, 0.1) is 6.92 Å². The number of nitrogens with zero attached hydrogens (tertiary/aromatic N) is 3. The van der Waals surface area contributed by atoms with E-state index in [1.807, 2.05) is 6.20 Å². The Morgan fingerprint density at radius 2 is 2.11 bits per heavy atom. The Kier molecular flexibility index (Phi) is 4.87. The molecular weight excluding hydrogens is 256 g/mol. The van der Waals surface area contributed by atoms with E-state index in [-0.39, 0.29) is 6.04 Å². The van der Waals surface area contributed by atoms with Gasteiger partial charge in [0.2, 0.25) is 0 Å². The molecule has 0 aliphatic heterocycles. The molecule has 0 fully saturated rings. The highest BCUT2D eigenvalue weighted by atomic mass is 32.2. The summed E-state index contributed by atoms with van der Waals surface area (Å²) in [7, 11) is 0. The smallest absolute Gasteiger partial charge is 0.121 e. The molecule has 0 saturated carbocycles. The highest BCUT2D eigenvalue weighted by Crippen LogP contribution is 2.26. The summed E-state index contributed by atoms with van der Waals surface area (Å²) in [5.74, 6) is 0. The molecule has 2 aromatic rings. The third kappa shape index (κ3) is 4.01. The van der Waals surface area contributed by atoms with Crippen molar-refractivity contribution >= 4 is 11.8 Å². The number of rotatable bonds is 5. The molecule has 0 spiro atoms. The first-order valence-corrected chi connectivity index (χ1v) is 7.15. The Bertz CT molecular complexity index is 530. The van der Waals surface area contributed by atoms with Gasteiger partial charge in [0.15, 0.2) is 0 Å². The van der Waals surface area contributed by atoms with E-state index in [2.05, 4.69) is 34.9 Å². The lowest BCUT2D eigenvalue weighted by molar-refractivity contribution is 0.644. The first-order valence-electron chi connectivity index (χ1n) is 6.34. The summed E-state index contributed by atoms with van der Waals surface area (Å²) in [4.78, 5) is 12.8. The Morgan fingerprint density at radius 3 is 2.74 bits per heavy atom. The molecule has 1 unspecified atom stereocenters. The molecule has 0 saturated heterocycles. The van der Waals surface area contributed by atoms with Crippen LogP contribution >= 0.6 is 11.8 Å². The summed E-state index contributed by atoms with van der Waals surface area (Å²) >= 11 is 1.53. The van der Waals surface area contributed by atoms with Gasteiger partial charge in [-0.2, -0.15) is 0 Å². The molecule has 5 heteroatoms. The van der Waals surface area contributed by atoms with Gasteiger partial charge in [-0.3, -0.25) is 4.98 Å². The summed E-state index contributed by atoms with van der Waals surface area (Å²) < 4.78 is 0. The van der Waals surface area contributed by atoms with E-state index in [1.54, 1.807) is 18.6 Å². The van der Waals surface area contributed by atoms with Crippen LogP contribution in [0.2, 0.25) is 0 Å². The van der Waals surface area contributed by atoms with Crippen LogP contribution in [0.3, 0.4) is 0 Å². The summed E-state index contributed by atoms with van der Waals surface area (Å²) in [5, 5.41) is 1.82. The first kappa shape index (κ1) is 14.0. The third-order valence-electron chi connectivity index (χ3n) is 2.85. The molecule has 19 heavy (non-hydrogen) atoms. The Balaban J connectivity index is 2.11. The van der Waals surface area contributed by atoms with Crippen molar-refractivity contribution in [2.75, 3.05) is 0 Å². The fraction of sp³-hybridized carbons (Fsp3) is 0.357. The first-order chi connectivity index (χ1) is 9.19. The molecule has 0 bridgehead atoms. The van der Waals surface area contributed by atoms with E-state index in [0.717, 1.165) is 28.5 Å². The normalized spacial score (nSPS) is 12.4. The minimum Gasteiger partial charge on any atom is -0.327 e. The quantitative estimate of drug-likeness (QED) is 0.908. The second-order valence-corrected chi connectivity index (χ2v) is 5.49. The topological polar surface area (TPSA) is 64.7 Å². The summed E-state index contributed by atoms with van der Waals surface area (Å²) in [6, 6.07) is 2.36. The molecule has 2 heterocycles. The van der Waals surface area contributed by atoms with E-state index in [0.29, 0.717) is 0 Å². The van der Waals surface area contributed by atoms with Crippen molar-refractivity contribution in [3.05, 3.63) is 42.0 Å². The van der Waals surface area contributed by atoms with E-state index >= 15 is 0 Å². The Morgan fingerprint density at radius 1 is 1.26 bits per heavy atom. The molecule has 0 amide bonds. The van der Waals surface area contributed by atoms with Crippen molar-refractivity contribution in [1.82, 2.24) is 15.0 Å². The van der Waals surface area contributed by atoms with E-state index in [9.17, 15) is 0 Å². The van der Waals surface area contributed by atoms with Crippen LogP contribution in [-0.2, 0) is 6.42 Å². The minimum atomic E-state index is 0.208. The van der Waals surface area contributed by atoms with Crippen LogP contribution in [-0.4, -0.2) is 21.0 Å². The van der Waals surface area contributed by atoms with Crippen molar-refractivity contribution in [3.63, 3.8) is 0 Å². The predicted octanol–water partition coefficient (Wildman–Crippen LogP) is 2.61. The molecule has 0 aliphatic carbocycles. The van der Waals surface area contributed by atoms with Gasteiger partial charge in [0.05, 0.1) is 6.20 Å². The van der Waals surface area contributed by atoms with E-state index < -0.39 is 0 Å². The van der Waals surface area contributed by atoms with Crippen LogP contribution in [0.1, 0.15) is 24.5 Å². The molecule has 1 atom stereocenters. The molecule has 0 aliphatic rings. The van der Waals surface area contributed by atoms with Gasteiger partial charge < -0.3 is 5.73 Å². The highest BCUT2D eigenvalue weighted by Gasteiger charge is 2.07. The number of aromatic nitrogens is 3. The average molecular weight is 274 g/mol. The summed E-state index contributed by atoms with van der Waals surface area (Å²) in [6.45, 7) is 4.16. The van der Waals surface area contributed by atoms with Crippen molar-refractivity contribution in [2.24, 2.45) is 5.73 Å². The molecule has 0 aromatic carbocycles. The van der Waals surface area contributed by atoms with Gasteiger partial charge in [0.25, 0.3) is 0 Å². The molecule has 0 radical (unpaired) electrons. The van der Waals surface area contributed by atoms with E-state index in [4.69, 9.17) is 5.73 Å². The minimum absolute atomic E-state index is 0.208. The Hall–Kier alpha value is -1.46. The number of hydrogen-bond acceptors (Lipinski definition) is 5. The number of aryl methyl sites for hydroxylation is 1. The highest BCUT2D eigenvalue weighted by molar-refractivity contribution is 7.99. The molecule has 2 N–H and O–H groups in total. The zero-order chi connectivity index (χ0) is 13.7. The number of hydrogen-bond donors (Lipinski definition) is 1. The SMILES string of the molecule is CCC(N)Cc1cnc(Sc2cnccn2)c(C)c1. The van der Waals surface area contributed by atoms with Crippen LogP contribution in [0.5, 0.6) is 0 Å². The van der Waals surface area contributed by atoms with Crippen molar-refractivity contribution in [3.8, 4) is 0 Å². The second-order valence-electron chi connectivity index (χ2n) is 4.48. The summed E-state index contributed by atoms with van der Waals surface area (Å²) in [6.07, 6.45) is 8.86. The molecular formula is C14H18N4S. The lowest BCUT2D eigenvalue weighted by Crippen LogP contribution is -2.21. The maximum atomic E-state index is 5.97. The van der Waals surface area contributed by atoms with Crippen LogP contribution in [0.25, 0.3) is 0 Å². The monoisotopic (exact) mass is 274 g/mol. The standard InChI is InChI=1S/C14H18N4S/c1-3-12(15)7-11-6-10(2)14(18-8-11)19-13-9-16-4-5-17-13/h4-6,8-9,12H,3,7,15H2,1-2H3.